The van der Waals surface area contributed by atoms with Gasteiger partial charge >= 0.3 is 0 Å². The molecule has 92 valence electrons. The third-order valence-electron chi connectivity index (χ3n) is 2.65. The molecule has 0 fully saturated rings. The summed E-state index contributed by atoms with van der Waals surface area (Å²) < 4.78 is 2.11. The van der Waals surface area contributed by atoms with Crippen LogP contribution in [0.2, 0.25) is 0 Å². The second kappa shape index (κ2) is 5.33. The van der Waals surface area contributed by atoms with Crippen LogP contribution < -0.4 is 10.2 Å². The van der Waals surface area contributed by atoms with Gasteiger partial charge in [-0.05, 0) is 11.4 Å². The fraction of sp³-hybridized carbons (Fsp3) is 0.417. The highest BCUT2D eigenvalue weighted by molar-refractivity contribution is 7.09. The van der Waals surface area contributed by atoms with E-state index in [9.17, 15) is 0 Å². The van der Waals surface area contributed by atoms with Gasteiger partial charge in [0.15, 0.2) is 0 Å². The van der Waals surface area contributed by atoms with E-state index in [-0.39, 0.29) is 0 Å². The van der Waals surface area contributed by atoms with Gasteiger partial charge in [-0.15, -0.1) is 11.3 Å². The molecular weight excluding hydrogens is 232 g/mol. The highest BCUT2D eigenvalue weighted by Crippen LogP contribution is 2.11. The molecule has 0 aliphatic rings. The first kappa shape index (κ1) is 12.1. The van der Waals surface area contributed by atoms with Crippen molar-refractivity contribution in [2.75, 3.05) is 19.0 Å². The van der Waals surface area contributed by atoms with E-state index in [1.165, 1.54) is 10.6 Å². The number of nitrogens with zero attached hydrogens (tertiary/aromatic N) is 3. The molecule has 0 aliphatic carbocycles. The van der Waals surface area contributed by atoms with Crippen molar-refractivity contribution in [1.82, 2.24) is 14.9 Å². The van der Waals surface area contributed by atoms with Gasteiger partial charge in [0.05, 0.1) is 11.9 Å². The molecule has 0 aliphatic heterocycles. The highest BCUT2D eigenvalue weighted by Gasteiger charge is 2.07. The second-order valence-corrected chi connectivity index (χ2v) is 5.22. The van der Waals surface area contributed by atoms with Crippen LogP contribution in [-0.4, -0.2) is 23.6 Å². The lowest BCUT2D eigenvalue weighted by Crippen LogP contribution is -2.17. The van der Waals surface area contributed by atoms with Crippen molar-refractivity contribution in [1.29, 1.82) is 0 Å². The highest BCUT2D eigenvalue weighted by atomic mass is 32.1. The van der Waals surface area contributed by atoms with Crippen LogP contribution in [0.15, 0.2) is 23.7 Å². The van der Waals surface area contributed by atoms with Gasteiger partial charge in [-0.2, -0.15) is 0 Å². The van der Waals surface area contributed by atoms with E-state index in [1.54, 1.807) is 11.3 Å². The zero-order valence-electron chi connectivity index (χ0n) is 10.5. The Kier molecular flexibility index (Phi) is 3.81. The van der Waals surface area contributed by atoms with Gasteiger partial charge in [0.1, 0.15) is 0 Å². The number of hydrogen-bond donors (Lipinski definition) is 1. The van der Waals surface area contributed by atoms with E-state index in [1.807, 2.05) is 32.2 Å². The maximum Gasteiger partial charge on any atom is 0.204 e. The van der Waals surface area contributed by atoms with Gasteiger partial charge in [0, 0.05) is 39.1 Å². The molecule has 2 aromatic heterocycles. The predicted octanol–water partition coefficient (Wildman–Crippen LogP) is 1.84. The summed E-state index contributed by atoms with van der Waals surface area (Å²) in [6, 6.07) is 4.22. The van der Waals surface area contributed by atoms with Gasteiger partial charge in [0.25, 0.3) is 0 Å². The maximum absolute atomic E-state index is 4.38. The molecule has 0 atom stereocenters. The molecule has 0 saturated carbocycles. The lowest BCUT2D eigenvalue weighted by molar-refractivity contribution is 0.659. The molecule has 4 nitrogen and oxygen atoms in total. The van der Waals surface area contributed by atoms with E-state index in [0.717, 1.165) is 19.0 Å². The van der Waals surface area contributed by atoms with E-state index in [0.29, 0.717) is 0 Å². The lowest BCUT2D eigenvalue weighted by atomic mass is 10.4. The van der Waals surface area contributed by atoms with Crippen LogP contribution in [0, 0.1) is 0 Å². The zero-order valence-corrected chi connectivity index (χ0v) is 11.3. The molecule has 2 rings (SSSR count). The summed E-state index contributed by atoms with van der Waals surface area (Å²) in [5.74, 6) is 0.984. The summed E-state index contributed by atoms with van der Waals surface area (Å²) in [5, 5.41) is 5.53. The largest absolute Gasteiger partial charge is 0.348 e. The number of hydrogen-bond acceptors (Lipinski definition) is 4. The average molecular weight is 250 g/mol. The summed E-state index contributed by atoms with van der Waals surface area (Å²) >= 11 is 1.78. The van der Waals surface area contributed by atoms with Crippen LogP contribution in [0.25, 0.3) is 0 Å². The molecule has 1 N–H and O–H groups in total. The quantitative estimate of drug-likeness (QED) is 0.879. The second-order valence-electron chi connectivity index (χ2n) is 4.19. The van der Waals surface area contributed by atoms with Crippen LogP contribution in [0.1, 0.15) is 10.6 Å². The van der Waals surface area contributed by atoms with Crippen molar-refractivity contribution in [3.8, 4) is 0 Å². The van der Waals surface area contributed by atoms with Gasteiger partial charge in [0.2, 0.25) is 5.95 Å². The molecule has 0 aromatic carbocycles. The molecule has 0 radical (unpaired) electrons. The van der Waals surface area contributed by atoms with Crippen LogP contribution >= 0.6 is 11.3 Å². The van der Waals surface area contributed by atoms with E-state index in [2.05, 4.69) is 32.4 Å². The van der Waals surface area contributed by atoms with Crippen molar-refractivity contribution in [2.24, 2.45) is 7.05 Å². The van der Waals surface area contributed by atoms with E-state index < -0.39 is 0 Å². The van der Waals surface area contributed by atoms with E-state index in [4.69, 9.17) is 0 Å². The molecule has 2 heterocycles. The van der Waals surface area contributed by atoms with Crippen molar-refractivity contribution in [3.63, 3.8) is 0 Å². The smallest absolute Gasteiger partial charge is 0.204 e. The molecule has 2 aromatic rings. The van der Waals surface area contributed by atoms with Crippen LogP contribution in [0.5, 0.6) is 0 Å². The van der Waals surface area contributed by atoms with Gasteiger partial charge < -0.3 is 14.8 Å². The Hall–Kier alpha value is -1.33. The summed E-state index contributed by atoms with van der Waals surface area (Å²) in [6.45, 7) is 1.76. The molecule has 17 heavy (non-hydrogen) atoms. The summed E-state index contributed by atoms with van der Waals surface area (Å²) in [6.07, 6.45) is 1.93. The molecule has 0 unspecified atom stereocenters. The standard InChI is InChI=1S/C12H18N4S/c1-15(2)12-14-8-10(16(12)3)7-13-9-11-5-4-6-17-11/h4-6,8,13H,7,9H2,1-3H3. The fourth-order valence-electron chi connectivity index (χ4n) is 1.74. The third-order valence-corrected chi connectivity index (χ3v) is 3.52. The predicted molar refractivity (Wildman–Crippen MR) is 72.4 cm³/mol. The van der Waals surface area contributed by atoms with Gasteiger partial charge in [-0.1, -0.05) is 6.07 Å². The minimum atomic E-state index is 0.843. The number of rotatable bonds is 5. The average Bonchev–Trinajstić information content (AvgIpc) is 2.89. The SMILES string of the molecule is CN(C)c1ncc(CNCc2cccs2)n1C. The summed E-state index contributed by atoms with van der Waals surface area (Å²) in [4.78, 5) is 7.76. The van der Waals surface area contributed by atoms with Crippen LogP contribution in [0.4, 0.5) is 5.95 Å². The topological polar surface area (TPSA) is 33.1 Å². The lowest BCUT2D eigenvalue weighted by Gasteiger charge is -2.12. The number of aromatic nitrogens is 2. The van der Waals surface area contributed by atoms with Crippen molar-refractivity contribution in [2.45, 2.75) is 13.1 Å². The minimum Gasteiger partial charge on any atom is -0.348 e. The first-order chi connectivity index (χ1) is 8.18. The van der Waals surface area contributed by atoms with E-state index >= 15 is 0 Å². The molecule has 0 saturated heterocycles. The number of nitrogens with one attached hydrogen (secondary N) is 1. The Morgan fingerprint density at radius 3 is 2.82 bits per heavy atom. The number of imidazole rings is 1. The monoisotopic (exact) mass is 250 g/mol. The first-order valence-electron chi connectivity index (χ1n) is 5.59. The third kappa shape index (κ3) is 2.87. The fourth-order valence-corrected chi connectivity index (χ4v) is 2.41. The molecular formula is C12H18N4S. The number of thiophene rings is 1. The minimum absolute atomic E-state index is 0.843. The Morgan fingerprint density at radius 1 is 1.41 bits per heavy atom. The van der Waals surface area contributed by atoms with Crippen molar-refractivity contribution >= 4 is 17.3 Å². The zero-order chi connectivity index (χ0) is 12.3. The normalized spacial score (nSPS) is 10.8. The Labute approximate surface area is 106 Å². The molecule has 0 bridgehead atoms. The van der Waals surface area contributed by atoms with Crippen molar-refractivity contribution in [3.05, 3.63) is 34.3 Å². The Bertz CT molecular complexity index is 459. The maximum atomic E-state index is 4.38. The summed E-state index contributed by atoms with van der Waals surface area (Å²) in [5.41, 5.74) is 1.20. The summed E-state index contributed by atoms with van der Waals surface area (Å²) in [7, 11) is 6.06. The van der Waals surface area contributed by atoms with Gasteiger partial charge in [-0.25, -0.2) is 4.98 Å². The Morgan fingerprint density at radius 2 is 2.24 bits per heavy atom. The molecule has 5 heteroatoms. The van der Waals surface area contributed by atoms with Crippen LogP contribution in [-0.2, 0) is 20.1 Å². The Balaban J connectivity index is 1.91. The van der Waals surface area contributed by atoms with Gasteiger partial charge in [-0.3, -0.25) is 0 Å². The molecule has 0 spiro atoms. The number of anilines is 1. The molecule has 0 amide bonds. The van der Waals surface area contributed by atoms with Crippen LogP contribution in [0.3, 0.4) is 0 Å². The van der Waals surface area contributed by atoms with Crippen molar-refractivity contribution < 1.29 is 0 Å². The first-order valence-corrected chi connectivity index (χ1v) is 6.47.